The first-order valence-electron chi connectivity index (χ1n) is 14.8. The number of nitrogens with two attached hydrogens (primary N) is 1. The summed E-state index contributed by atoms with van der Waals surface area (Å²) in [5.74, 6) is -0.373. The first-order valence-corrected chi connectivity index (χ1v) is 14.8. The number of Topliss-reactive ketones (excluding diaryl/α,β-unsaturated/α-hetero) is 1. The van der Waals surface area contributed by atoms with Crippen LogP contribution in [0.4, 0.5) is 0 Å². The molecule has 1 aliphatic heterocycles. The second-order valence-corrected chi connectivity index (χ2v) is 11.0. The molecule has 41 heavy (non-hydrogen) atoms. The number of carbonyl (C=O) groups is 2. The fraction of sp³-hybridized carbons (Fsp3) is 0.371. The van der Waals surface area contributed by atoms with Crippen LogP contribution in [0.5, 0.6) is 0 Å². The van der Waals surface area contributed by atoms with Crippen molar-refractivity contribution < 1.29 is 9.59 Å². The summed E-state index contributed by atoms with van der Waals surface area (Å²) in [4.78, 5) is 39.0. The molecule has 1 aliphatic rings. The predicted molar refractivity (Wildman–Crippen MR) is 166 cm³/mol. The van der Waals surface area contributed by atoms with Crippen LogP contribution < -0.4 is 5.73 Å². The Morgan fingerprint density at radius 3 is 2.27 bits per heavy atom. The Balaban J connectivity index is 1.56. The summed E-state index contributed by atoms with van der Waals surface area (Å²) in [6, 6.07) is 21.2. The SMILES string of the molecule is C=CCCCN(CCCCC)C(=O)c1cncc(CC(C)C2C(=O)C(c3ccccc3)(c3ccccc3)N=C2N)c1. The Morgan fingerprint density at radius 1 is 1.02 bits per heavy atom. The van der Waals surface area contributed by atoms with Crippen LogP contribution in [-0.2, 0) is 16.8 Å². The van der Waals surface area contributed by atoms with Crippen molar-refractivity contribution in [2.45, 2.75) is 57.9 Å². The van der Waals surface area contributed by atoms with Crippen LogP contribution in [-0.4, -0.2) is 40.5 Å². The molecule has 6 nitrogen and oxygen atoms in total. The largest absolute Gasteiger partial charge is 0.387 e. The van der Waals surface area contributed by atoms with Crippen molar-refractivity contribution in [2.75, 3.05) is 13.1 Å². The standard InChI is InChI=1S/C35H42N4O2/c1-4-6-14-20-39(21-15-7-5-2)34(41)28-23-27(24-37-25-28)22-26(3)31-32(40)35(38-33(31)36,29-16-10-8-11-17-29)30-18-12-9-13-19-30/h4,8-13,16-19,23-26,31H,1,5-7,14-15,20-22H2,2-3H3,(H2,36,38). The Hall–Kier alpha value is -4.06. The minimum Gasteiger partial charge on any atom is -0.387 e. The van der Waals surface area contributed by atoms with Crippen molar-refractivity contribution in [1.29, 1.82) is 0 Å². The fourth-order valence-corrected chi connectivity index (χ4v) is 5.85. The number of aliphatic imine (C=N–C) groups is 1. The summed E-state index contributed by atoms with van der Waals surface area (Å²) in [5.41, 5.74) is 8.47. The quantitative estimate of drug-likeness (QED) is 0.187. The number of hydrogen-bond acceptors (Lipinski definition) is 5. The molecule has 0 fully saturated rings. The molecule has 2 atom stereocenters. The zero-order valence-corrected chi connectivity index (χ0v) is 24.3. The summed E-state index contributed by atoms with van der Waals surface area (Å²) in [6.45, 7) is 9.42. The number of ketones is 1. The van der Waals surface area contributed by atoms with E-state index in [1.54, 1.807) is 12.4 Å². The third-order valence-corrected chi connectivity index (χ3v) is 7.96. The highest BCUT2D eigenvalue weighted by Gasteiger charge is 2.52. The predicted octanol–water partition coefficient (Wildman–Crippen LogP) is 6.36. The second kappa shape index (κ2) is 14.0. The number of nitrogens with zero attached hydrogens (tertiary/aromatic N) is 3. The molecule has 6 heteroatoms. The third-order valence-electron chi connectivity index (χ3n) is 7.96. The molecule has 0 spiro atoms. The van der Waals surface area contributed by atoms with E-state index < -0.39 is 11.5 Å². The molecule has 2 unspecified atom stereocenters. The molecule has 2 N–H and O–H groups in total. The topological polar surface area (TPSA) is 88.7 Å². The molecule has 2 heterocycles. The monoisotopic (exact) mass is 550 g/mol. The van der Waals surface area contributed by atoms with Gasteiger partial charge < -0.3 is 10.6 Å². The maximum atomic E-state index is 14.3. The maximum Gasteiger partial charge on any atom is 0.255 e. The number of carbonyl (C=O) groups excluding carboxylic acids is 2. The number of amides is 1. The van der Waals surface area contributed by atoms with Crippen LogP contribution >= 0.6 is 0 Å². The van der Waals surface area contributed by atoms with E-state index in [1.807, 2.05) is 84.6 Å². The average Bonchev–Trinajstić information content (AvgIpc) is 3.27. The smallest absolute Gasteiger partial charge is 0.255 e. The summed E-state index contributed by atoms with van der Waals surface area (Å²) in [7, 11) is 0. The van der Waals surface area contributed by atoms with Gasteiger partial charge in [-0.05, 0) is 54.4 Å². The summed E-state index contributed by atoms with van der Waals surface area (Å²) >= 11 is 0. The van der Waals surface area contributed by atoms with Gasteiger partial charge in [0, 0.05) is 25.5 Å². The third kappa shape index (κ3) is 6.64. The Kier molecular flexibility index (Phi) is 10.2. The van der Waals surface area contributed by atoms with Crippen molar-refractivity contribution in [3.05, 3.63) is 114 Å². The van der Waals surface area contributed by atoms with Gasteiger partial charge in [-0.1, -0.05) is 93.4 Å². The minimum atomic E-state index is -1.17. The number of aromatic nitrogens is 1. The lowest BCUT2D eigenvalue weighted by Gasteiger charge is -2.28. The number of unbranched alkanes of at least 4 members (excludes halogenated alkanes) is 3. The van der Waals surface area contributed by atoms with Gasteiger partial charge in [0.1, 0.15) is 5.84 Å². The number of amidine groups is 1. The first-order chi connectivity index (χ1) is 19.9. The van der Waals surface area contributed by atoms with Crippen molar-refractivity contribution in [3.63, 3.8) is 0 Å². The van der Waals surface area contributed by atoms with E-state index in [1.165, 1.54) is 0 Å². The normalized spacial score (nSPS) is 16.7. The molecule has 1 aromatic heterocycles. The zero-order valence-electron chi connectivity index (χ0n) is 24.3. The average molecular weight is 551 g/mol. The molecule has 0 aliphatic carbocycles. The lowest BCUT2D eigenvalue weighted by molar-refractivity contribution is -0.125. The zero-order chi connectivity index (χ0) is 29.2. The highest BCUT2D eigenvalue weighted by atomic mass is 16.2. The van der Waals surface area contributed by atoms with Crippen LogP contribution in [0.3, 0.4) is 0 Å². The Morgan fingerprint density at radius 2 is 1.66 bits per heavy atom. The molecular formula is C35H42N4O2. The van der Waals surface area contributed by atoms with Gasteiger partial charge in [0.05, 0.1) is 11.5 Å². The van der Waals surface area contributed by atoms with Crippen LogP contribution in [0.25, 0.3) is 0 Å². The molecule has 0 saturated carbocycles. The highest BCUT2D eigenvalue weighted by Crippen LogP contribution is 2.43. The van der Waals surface area contributed by atoms with E-state index in [-0.39, 0.29) is 17.6 Å². The molecule has 0 bridgehead atoms. The Labute approximate surface area is 244 Å². The van der Waals surface area contributed by atoms with Gasteiger partial charge in [-0.3, -0.25) is 14.6 Å². The molecule has 0 saturated heterocycles. The number of allylic oxidation sites excluding steroid dienone is 1. The lowest BCUT2D eigenvalue weighted by atomic mass is 9.74. The van der Waals surface area contributed by atoms with Gasteiger partial charge in [0.15, 0.2) is 11.3 Å². The van der Waals surface area contributed by atoms with Crippen LogP contribution in [0.15, 0.2) is 96.8 Å². The van der Waals surface area contributed by atoms with E-state index in [0.29, 0.717) is 24.4 Å². The van der Waals surface area contributed by atoms with Gasteiger partial charge in [0.2, 0.25) is 0 Å². The molecule has 0 radical (unpaired) electrons. The van der Waals surface area contributed by atoms with Gasteiger partial charge >= 0.3 is 0 Å². The Bertz CT molecular complexity index is 1310. The maximum absolute atomic E-state index is 14.3. The van der Waals surface area contributed by atoms with E-state index in [0.717, 1.165) is 55.3 Å². The molecular weight excluding hydrogens is 508 g/mol. The fourth-order valence-electron chi connectivity index (χ4n) is 5.85. The minimum absolute atomic E-state index is 0.00244. The van der Waals surface area contributed by atoms with E-state index in [9.17, 15) is 9.59 Å². The molecule has 3 aromatic rings. The van der Waals surface area contributed by atoms with Gasteiger partial charge in [-0.15, -0.1) is 6.58 Å². The number of hydrogen-bond donors (Lipinski definition) is 1. The van der Waals surface area contributed by atoms with Crippen molar-refractivity contribution in [3.8, 4) is 0 Å². The number of rotatable bonds is 14. The summed E-state index contributed by atoms with van der Waals surface area (Å²) in [6.07, 6.45) is 10.8. The van der Waals surface area contributed by atoms with Crippen LogP contribution in [0, 0.1) is 11.8 Å². The van der Waals surface area contributed by atoms with E-state index in [2.05, 4.69) is 18.5 Å². The van der Waals surface area contributed by atoms with E-state index >= 15 is 0 Å². The van der Waals surface area contributed by atoms with E-state index in [4.69, 9.17) is 10.7 Å². The van der Waals surface area contributed by atoms with Crippen molar-refractivity contribution >= 4 is 17.5 Å². The molecule has 2 aromatic carbocycles. The van der Waals surface area contributed by atoms with Gasteiger partial charge in [-0.25, -0.2) is 4.99 Å². The van der Waals surface area contributed by atoms with Crippen LogP contribution in [0.2, 0.25) is 0 Å². The van der Waals surface area contributed by atoms with Gasteiger partial charge in [0.25, 0.3) is 5.91 Å². The first kappa shape index (κ1) is 29.9. The summed E-state index contributed by atoms with van der Waals surface area (Å²) in [5, 5.41) is 0. The van der Waals surface area contributed by atoms with Gasteiger partial charge in [-0.2, -0.15) is 0 Å². The summed E-state index contributed by atoms with van der Waals surface area (Å²) < 4.78 is 0. The molecule has 1 amide bonds. The molecule has 214 valence electrons. The number of benzene rings is 2. The number of pyridine rings is 1. The second-order valence-electron chi connectivity index (χ2n) is 11.0. The highest BCUT2D eigenvalue weighted by molar-refractivity contribution is 6.15. The van der Waals surface area contributed by atoms with Crippen molar-refractivity contribution in [2.24, 2.45) is 22.6 Å². The molecule has 4 rings (SSSR count). The van der Waals surface area contributed by atoms with Crippen LogP contribution in [0.1, 0.15) is 73.0 Å². The lowest BCUT2D eigenvalue weighted by Crippen LogP contribution is -2.39. The van der Waals surface area contributed by atoms with Crippen molar-refractivity contribution in [1.82, 2.24) is 9.88 Å².